The molecule has 1 heterocycles. The summed E-state index contributed by atoms with van der Waals surface area (Å²) in [6.45, 7) is 0.242. The normalized spacial score (nSPS) is 14.8. The number of carbonyl (C=O) groups excluding carboxylic acids is 2. The molecular formula is C21H26N4O5S. The zero-order valence-electron chi connectivity index (χ0n) is 16.9. The third-order valence-electron chi connectivity index (χ3n) is 5.12. The van der Waals surface area contributed by atoms with Crippen LogP contribution in [0.25, 0.3) is 10.4 Å². The van der Waals surface area contributed by atoms with E-state index in [-0.39, 0.29) is 23.2 Å². The molecule has 31 heavy (non-hydrogen) atoms. The van der Waals surface area contributed by atoms with Crippen LogP contribution in [-0.2, 0) is 4.79 Å². The van der Waals surface area contributed by atoms with Crippen LogP contribution in [-0.4, -0.2) is 41.7 Å². The van der Waals surface area contributed by atoms with Crippen molar-refractivity contribution in [2.75, 3.05) is 11.9 Å². The van der Waals surface area contributed by atoms with Crippen molar-refractivity contribution in [2.45, 2.75) is 44.2 Å². The zero-order valence-corrected chi connectivity index (χ0v) is 17.7. The molecule has 1 atom stereocenters. The van der Waals surface area contributed by atoms with Crippen molar-refractivity contribution in [3.63, 3.8) is 0 Å². The van der Waals surface area contributed by atoms with Gasteiger partial charge in [-0.1, -0.05) is 25.0 Å². The molecule has 3 amide bonds. The van der Waals surface area contributed by atoms with Gasteiger partial charge >= 0.3 is 12.0 Å². The largest absolute Gasteiger partial charge is 0.493 e. The second kappa shape index (κ2) is 10.3. The Morgan fingerprint density at radius 1 is 1.19 bits per heavy atom. The Kier molecular flexibility index (Phi) is 7.48. The molecule has 1 aliphatic carbocycles. The molecular weight excluding hydrogens is 420 g/mol. The molecule has 1 aromatic heterocycles. The van der Waals surface area contributed by atoms with Crippen molar-refractivity contribution in [2.24, 2.45) is 11.5 Å². The number of thiophene rings is 1. The van der Waals surface area contributed by atoms with E-state index in [4.69, 9.17) is 16.2 Å². The summed E-state index contributed by atoms with van der Waals surface area (Å²) in [5.41, 5.74) is 11.5. The molecule has 1 fully saturated rings. The van der Waals surface area contributed by atoms with Crippen molar-refractivity contribution in [1.82, 2.24) is 5.32 Å². The molecule has 2 aromatic rings. The molecule has 7 N–H and O–H groups in total. The lowest BCUT2D eigenvalue weighted by atomic mass is 10.1. The summed E-state index contributed by atoms with van der Waals surface area (Å²) in [5, 5.41) is 15.4. The number of benzene rings is 1. The Hall–Kier alpha value is -3.11. The quantitative estimate of drug-likeness (QED) is 0.378. The maximum atomic E-state index is 11.7. The van der Waals surface area contributed by atoms with Crippen molar-refractivity contribution in [3.8, 4) is 16.2 Å². The van der Waals surface area contributed by atoms with Crippen LogP contribution in [0.5, 0.6) is 5.75 Å². The number of amides is 3. The highest BCUT2D eigenvalue weighted by Gasteiger charge is 2.23. The van der Waals surface area contributed by atoms with Crippen LogP contribution in [0.2, 0.25) is 0 Å². The van der Waals surface area contributed by atoms with Gasteiger partial charge in [0.05, 0.1) is 12.2 Å². The topological polar surface area (TPSA) is 157 Å². The minimum Gasteiger partial charge on any atom is -0.493 e. The lowest BCUT2D eigenvalue weighted by Gasteiger charge is -2.19. The molecule has 3 rings (SSSR count). The van der Waals surface area contributed by atoms with Crippen molar-refractivity contribution in [3.05, 3.63) is 35.9 Å². The van der Waals surface area contributed by atoms with Gasteiger partial charge in [-0.3, -0.25) is 14.9 Å². The number of aliphatic carboxylic acids is 1. The number of urea groups is 1. The highest BCUT2D eigenvalue weighted by molar-refractivity contribution is 7.20. The Bertz CT molecular complexity index is 955. The zero-order chi connectivity index (χ0) is 22.4. The van der Waals surface area contributed by atoms with Gasteiger partial charge in [0.1, 0.15) is 16.8 Å². The van der Waals surface area contributed by atoms with Crippen LogP contribution >= 0.6 is 11.3 Å². The number of carboxylic acids is 1. The van der Waals surface area contributed by atoms with Crippen molar-refractivity contribution < 1.29 is 24.2 Å². The van der Waals surface area contributed by atoms with E-state index >= 15 is 0 Å². The second-order valence-corrected chi connectivity index (χ2v) is 8.46. The second-order valence-electron chi connectivity index (χ2n) is 7.41. The number of primary amides is 2. The van der Waals surface area contributed by atoms with Gasteiger partial charge in [-0.15, -0.1) is 11.3 Å². The fourth-order valence-corrected chi connectivity index (χ4v) is 4.67. The van der Waals surface area contributed by atoms with Crippen LogP contribution in [0.3, 0.4) is 0 Å². The van der Waals surface area contributed by atoms with Crippen LogP contribution in [0, 0.1) is 0 Å². The average Bonchev–Trinajstić information content (AvgIpc) is 3.37. The number of rotatable bonds is 10. The molecule has 10 heteroatoms. The number of nitrogens with two attached hydrogens (primary N) is 2. The van der Waals surface area contributed by atoms with E-state index in [2.05, 4.69) is 10.6 Å². The highest BCUT2D eigenvalue weighted by Crippen LogP contribution is 2.36. The Balaban J connectivity index is 1.65. The highest BCUT2D eigenvalue weighted by atomic mass is 32.1. The van der Waals surface area contributed by atoms with E-state index in [0.29, 0.717) is 17.0 Å². The minimum atomic E-state index is -0.878. The fourth-order valence-electron chi connectivity index (χ4n) is 3.61. The van der Waals surface area contributed by atoms with Crippen molar-refractivity contribution >= 4 is 34.2 Å². The molecule has 0 unspecified atom stereocenters. The first-order valence-electron chi connectivity index (χ1n) is 10.1. The van der Waals surface area contributed by atoms with E-state index in [9.17, 15) is 19.5 Å². The molecule has 1 aliphatic rings. The standard InChI is InChI=1S/C21H26N4O5S/c22-18(26)15-11-17(31-19(15)25-21(23)29)12-4-3-7-14(10-12)30-9-8-16(20(27)28)24-13-5-1-2-6-13/h3-4,7,10-11,13,16,24H,1-2,5-6,8-9H2,(H2,22,26)(H,27,28)(H3,23,25,29)/t16-/m0/s1. The summed E-state index contributed by atoms with van der Waals surface area (Å²) in [6, 6.07) is 7.59. The Morgan fingerprint density at radius 2 is 1.94 bits per heavy atom. The molecule has 9 nitrogen and oxygen atoms in total. The van der Waals surface area contributed by atoms with Gasteiger partial charge in [0, 0.05) is 17.3 Å². The van der Waals surface area contributed by atoms with Gasteiger partial charge in [0.15, 0.2) is 0 Å². The first-order chi connectivity index (χ1) is 14.8. The summed E-state index contributed by atoms with van der Waals surface area (Å²) >= 11 is 1.17. The SMILES string of the molecule is NC(=O)Nc1sc(-c2cccc(OCC[C@H](NC3CCCC3)C(=O)O)c2)cc1C(N)=O. The summed E-state index contributed by atoms with van der Waals surface area (Å²) in [7, 11) is 0. The van der Waals surface area contributed by atoms with Gasteiger partial charge in [-0.25, -0.2) is 4.79 Å². The molecule has 0 saturated heterocycles. The van der Waals surface area contributed by atoms with Gasteiger partial charge < -0.3 is 26.6 Å². The first-order valence-corrected chi connectivity index (χ1v) is 10.9. The van der Waals surface area contributed by atoms with Crippen LogP contribution < -0.4 is 26.8 Å². The van der Waals surface area contributed by atoms with E-state index in [1.807, 2.05) is 6.07 Å². The number of hydrogen-bond acceptors (Lipinski definition) is 6. The van der Waals surface area contributed by atoms with Crippen LogP contribution in [0.4, 0.5) is 9.80 Å². The van der Waals surface area contributed by atoms with Crippen LogP contribution in [0.1, 0.15) is 42.5 Å². The number of ether oxygens (including phenoxy) is 1. The maximum absolute atomic E-state index is 11.7. The molecule has 166 valence electrons. The Morgan fingerprint density at radius 3 is 2.58 bits per heavy atom. The van der Waals surface area contributed by atoms with Crippen LogP contribution in [0.15, 0.2) is 30.3 Å². The number of nitrogens with one attached hydrogen (secondary N) is 2. The molecule has 1 aromatic carbocycles. The van der Waals surface area contributed by atoms with E-state index < -0.39 is 23.9 Å². The Labute approximate surface area is 183 Å². The summed E-state index contributed by atoms with van der Waals surface area (Å²) < 4.78 is 5.78. The van der Waals surface area contributed by atoms with Gasteiger partial charge in [-0.05, 0) is 36.6 Å². The molecule has 0 bridgehead atoms. The summed E-state index contributed by atoms with van der Waals surface area (Å²) in [4.78, 5) is 35.1. The number of carboxylic acid groups (broad SMARTS) is 1. The number of carbonyl (C=O) groups is 3. The van der Waals surface area contributed by atoms with E-state index in [0.717, 1.165) is 31.2 Å². The lowest BCUT2D eigenvalue weighted by Crippen LogP contribution is -2.43. The predicted molar refractivity (Wildman–Crippen MR) is 118 cm³/mol. The first kappa shape index (κ1) is 22.6. The number of anilines is 1. The summed E-state index contributed by atoms with van der Waals surface area (Å²) in [5.74, 6) is -0.981. The molecule has 1 saturated carbocycles. The fraction of sp³-hybridized carbons (Fsp3) is 0.381. The van der Waals surface area contributed by atoms with Gasteiger partial charge in [0.25, 0.3) is 5.91 Å². The third-order valence-corrected chi connectivity index (χ3v) is 6.22. The maximum Gasteiger partial charge on any atom is 0.320 e. The van der Waals surface area contributed by atoms with Crippen molar-refractivity contribution in [1.29, 1.82) is 0 Å². The predicted octanol–water partition coefficient (Wildman–Crippen LogP) is 2.76. The third kappa shape index (κ3) is 6.19. The van der Waals surface area contributed by atoms with E-state index in [1.54, 1.807) is 24.3 Å². The number of hydrogen-bond donors (Lipinski definition) is 5. The molecule has 0 radical (unpaired) electrons. The smallest absolute Gasteiger partial charge is 0.320 e. The van der Waals surface area contributed by atoms with Gasteiger partial charge in [0.2, 0.25) is 0 Å². The average molecular weight is 447 g/mol. The molecule has 0 spiro atoms. The lowest BCUT2D eigenvalue weighted by molar-refractivity contribution is -0.140. The molecule has 0 aliphatic heterocycles. The summed E-state index contributed by atoms with van der Waals surface area (Å²) in [6.07, 6.45) is 4.61. The van der Waals surface area contributed by atoms with E-state index in [1.165, 1.54) is 11.3 Å². The monoisotopic (exact) mass is 446 g/mol. The minimum absolute atomic E-state index is 0.174. The van der Waals surface area contributed by atoms with Gasteiger partial charge in [-0.2, -0.15) is 0 Å².